The minimum absolute atomic E-state index is 0.0262. The topological polar surface area (TPSA) is 76.0 Å². The zero-order chi connectivity index (χ0) is 19.2. The molecule has 3 rings (SSSR count). The number of benzene rings is 2. The van der Waals surface area contributed by atoms with E-state index in [1.54, 1.807) is 24.3 Å². The van der Waals surface area contributed by atoms with Crippen molar-refractivity contribution >= 4 is 40.1 Å². The zero-order valence-electron chi connectivity index (χ0n) is 15.0. The minimum Gasteiger partial charge on any atom is -0.349 e. The molecule has 0 aliphatic heterocycles. The summed E-state index contributed by atoms with van der Waals surface area (Å²) >= 11 is 5.87. The Balaban J connectivity index is 1.78. The van der Waals surface area contributed by atoms with Crippen LogP contribution in [0.1, 0.15) is 25.6 Å². The summed E-state index contributed by atoms with van der Waals surface area (Å²) in [5.74, 6) is 0.440. The minimum atomic E-state index is -0.179. The first-order valence-electron chi connectivity index (χ1n) is 8.83. The summed E-state index contributed by atoms with van der Waals surface area (Å²) in [6.07, 6.45) is 1.25. The van der Waals surface area contributed by atoms with E-state index >= 15 is 0 Å². The van der Waals surface area contributed by atoms with Crippen molar-refractivity contribution < 1.29 is 9.59 Å². The largest absolute Gasteiger partial charge is 0.349 e. The lowest BCUT2D eigenvalue weighted by atomic mass is 10.3. The second kappa shape index (κ2) is 8.68. The molecule has 3 aromatic rings. The number of fused-ring (bicyclic) bond motifs is 1. The molecule has 0 fully saturated rings. The lowest BCUT2D eigenvalue weighted by molar-refractivity contribution is -0.121. The van der Waals surface area contributed by atoms with Gasteiger partial charge >= 0.3 is 0 Å². The highest BCUT2D eigenvalue weighted by atomic mass is 35.5. The maximum Gasteiger partial charge on any atom is 0.244 e. The van der Waals surface area contributed by atoms with E-state index in [4.69, 9.17) is 11.6 Å². The molecule has 0 saturated carbocycles. The molecule has 140 valence electrons. The molecule has 7 heteroatoms. The Hall–Kier alpha value is -2.86. The number of anilines is 1. The average molecular weight is 385 g/mol. The predicted molar refractivity (Wildman–Crippen MR) is 107 cm³/mol. The van der Waals surface area contributed by atoms with Gasteiger partial charge in [-0.25, -0.2) is 4.98 Å². The smallest absolute Gasteiger partial charge is 0.244 e. The van der Waals surface area contributed by atoms with Gasteiger partial charge in [0.2, 0.25) is 11.8 Å². The van der Waals surface area contributed by atoms with E-state index < -0.39 is 0 Å². The maximum absolute atomic E-state index is 12.5. The molecule has 0 aliphatic rings. The molecular formula is C20H21ClN4O2. The molecule has 0 unspecified atom stereocenters. The summed E-state index contributed by atoms with van der Waals surface area (Å²) in [5, 5.41) is 6.32. The van der Waals surface area contributed by atoms with E-state index in [2.05, 4.69) is 15.6 Å². The van der Waals surface area contributed by atoms with Gasteiger partial charge in [0, 0.05) is 17.1 Å². The Morgan fingerprint density at radius 1 is 1.07 bits per heavy atom. The number of halogens is 1. The number of aromatic nitrogens is 2. The standard InChI is InChI=1S/C20H21ClN4O2/c1-2-5-19(26)22-12-18-24-16-6-3-4-7-17(16)25(18)13-20(27)23-15-10-8-14(21)9-11-15/h3-4,6-11H,2,5,12-13H2,1H3,(H,22,26)(H,23,27). The summed E-state index contributed by atoms with van der Waals surface area (Å²) in [7, 11) is 0. The summed E-state index contributed by atoms with van der Waals surface area (Å²) in [6.45, 7) is 2.33. The molecule has 0 radical (unpaired) electrons. The van der Waals surface area contributed by atoms with Crippen molar-refractivity contribution in [3.63, 3.8) is 0 Å². The molecule has 6 nitrogen and oxygen atoms in total. The van der Waals surface area contributed by atoms with Crippen LogP contribution < -0.4 is 10.6 Å². The third-order valence-corrected chi connectivity index (χ3v) is 4.34. The number of carbonyl (C=O) groups excluding carboxylic acids is 2. The van der Waals surface area contributed by atoms with Gasteiger partial charge < -0.3 is 15.2 Å². The number of nitrogens with one attached hydrogen (secondary N) is 2. The zero-order valence-corrected chi connectivity index (χ0v) is 15.8. The van der Waals surface area contributed by atoms with Gasteiger partial charge in [0.1, 0.15) is 12.4 Å². The van der Waals surface area contributed by atoms with Crippen LogP contribution in [0.15, 0.2) is 48.5 Å². The van der Waals surface area contributed by atoms with Crippen LogP contribution in [0.2, 0.25) is 5.02 Å². The summed E-state index contributed by atoms with van der Waals surface area (Å²) in [6, 6.07) is 14.5. The first-order valence-corrected chi connectivity index (χ1v) is 9.21. The van der Waals surface area contributed by atoms with Crippen LogP contribution in [0, 0.1) is 0 Å². The fraction of sp³-hybridized carbons (Fsp3) is 0.250. The number of para-hydroxylation sites is 2. The molecule has 1 heterocycles. The quantitative estimate of drug-likeness (QED) is 0.651. The summed E-state index contributed by atoms with van der Waals surface area (Å²) < 4.78 is 1.83. The molecule has 2 N–H and O–H groups in total. The van der Waals surface area contributed by atoms with Gasteiger partial charge in [-0.3, -0.25) is 9.59 Å². The third kappa shape index (κ3) is 4.86. The molecule has 2 amide bonds. The Morgan fingerprint density at radius 2 is 1.81 bits per heavy atom. The van der Waals surface area contributed by atoms with E-state index in [0.29, 0.717) is 23.0 Å². The van der Waals surface area contributed by atoms with E-state index in [1.807, 2.05) is 35.8 Å². The highest BCUT2D eigenvalue weighted by Crippen LogP contribution is 2.17. The van der Waals surface area contributed by atoms with Crippen LogP contribution in [0.3, 0.4) is 0 Å². The van der Waals surface area contributed by atoms with Crippen molar-refractivity contribution in [1.29, 1.82) is 0 Å². The van der Waals surface area contributed by atoms with Gasteiger partial charge in [-0.05, 0) is 42.8 Å². The van der Waals surface area contributed by atoms with Gasteiger partial charge in [-0.15, -0.1) is 0 Å². The summed E-state index contributed by atoms with van der Waals surface area (Å²) in [5.41, 5.74) is 2.31. The van der Waals surface area contributed by atoms with Crippen LogP contribution in [0.5, 0.6) is 0 Å². The molecule has 0 atom stereocenters. The second-order valence-electron chi connectivity index (χ2n) is 6.18. The monoisotopic (exact) mass is 384 g/mol. The molecule has 0 spiro atoms. The summed E-state index contributed by atoms with van der Waals surface area (Å²) in [4.78, 5) is 28.9. The molecule has 1 aromatic heterocycles. The molecule has 2 aromatic carbocycles. The van der Waals surface area contributed by atoms with Crippen LogP contribution in [0.25, 0.3) is 11.0 Å². The molecule has 0 bridgehead atoms. The van der Waals surface area contributed by atoms with E-state index in [9.17, 15) is 9.59 Å². The van der Waals surface area contributed by atoms with Crippen molar-refractivity contribution in [1.82, 2.24) is 14.9 Å². The fourth-order valence-corrected chi connectivity index (χ4v) is 2.93. The van der Waals surface area contributed by atoms with Crippen LogP contribution in [-0.4, -0.2) is 21.4 Å². The van der Waals surface area contributed by atoms with E-state index in [0.717, 1.165) is 17.5 Å². The number of carbonyl (C=O) groups is 2. The normalized spacial score (nSPS) is 10.7. The molecular weight excluding hydrogens is 364 g/mol. The number of hydrogen-bond donors (Lipinski definition) is 2. The van der Waals surface area contributed by atoms with Gasteiger partial charge in [-0.1, -0.05) is 30.7 Å². The van der Waals surface area contributed by atoms with E-state index in [-0.39, 0.29) is 24.9 Å². The first kappa shape index (κ1) is 18.9. The van der Waals surface area contributed by atoms with Gasteiger partial charge in [0.25, 0.3) is 0 Å². The van der Waals surface area contributed by atoms with Gasteiger partial charge in [-0.2, -0.15) is 0 Å². The van der Waals surface area contributed by atoms with Crippen LogP contribution >= 0.6 is 11.6 Å². The molecule has 0 aliphatic carbocycles. The first-order chi connectivity index (χ1) is 13.1. The maximum atomic E-state index is 12.5. The number of imidazole rings is 1. The van der Waals surface area contributed by atoms with Crippen LogP contribution in [-0.2, 0) is 22.7 Å². The number of hydrogen-bond acceptors (Lipinski definition) is 3. The Morgan fingerprint density at radius 3 is 2.56 bits per heavy atom. The van der Waals surface area contributed by atoms with Crippen molar-refractivity contribution in [2.45, 2.75) is 32.9 Å². The third-order valence-electron chi connectivity index (χ3n) is 4.08. The Kier molecular flexibility index (Phi) is 6.08. The lowest BCUT2D eigenvalue weighted by Gasteiger charge is -2.11. The molecule has 27 heavy (non-hydrogen) atoms. The Labute approximate surface area is 162 Å². The van der Waals surface area contributed by atoms with Gasteiger partial charge in [0.15, 0.2) is 0 Å². The van der Waals surface area contributed by atoms with E-state index in [1.165, 1.54) is 0 Å². The van der Waals surface area contributed by atoms with Gasteiger partial charge in [0.05, 0.1) is 17.6 Å². The van der Waals surface area contributed by atoms with Crippen molar-refractivity contribution in [2.24, 2.45) is 0 Å². The number of rotatable bonds is 7. The Bertz CT molecular complexity index is 950. The highest BCUT2D eigenvalue weighted by molar-refractivity contribution is 6.30. The SMILES string of the molecule is CCCC(=O)NCc1nc2ccccc2n1CC(=O)Nc1ccc(Cl)cc1. The molecule has 0 saturated heterocycles. The average Bonchev–Trinajstić information content (AvgIpc) is 3.00. The second-order valence-corrected chi connectivity index (χ2v) is 6.62. The van der Waals surface area contributed by atoms with Crippen molar-refractivity contribution in [3.8, 4) is 0 Å². The van der Waals surface area contributed by atoms with Crippen molar-refractivity contribution in [2.75, 3.05) is 5.32 Å². The predicted octanol–water partition coefficient (Wildman–Crippen LogP) is 3.74. The number of nitrogens with zero attached hydrogens (tertiary/aromatic N) is 2. The number of amides is 2. The fourth-order valence-electron chi connectivity index (χ4n) is 2.81. The highest BCUT2D eigenvalue weighted by Gasteiger charge is 2.14. The van der Waals surface area contributed by atoms with Crippen LogP contribution in [0.4, 0.5) is 5.69 Å². The lowest BCUT2D eigenvalue weighted by Crippen LogP contribution is -2.26. The van der Waals surface area contributed by atoms with Crippen molar-refractivity contribution in [3.05, 3.63) is 59.4 Å².